The van der Waals surface area contributed by atoms with E-state index < -0.39 is 0 Å². The number of hydrogen-bond donors (Lipinski definition) is 1. The maximum atomic E-state index is 11.1. The number of ether oxygens (including phenoxy) is 1. The van der Waals surface area contributed by atoms with Crippen molar-refractivity contribution < 1.29 is 9.53 Å². The lowest BCUT2D eigenvalue weighted by Crippen LogP contribution is -2.31. The van der Waals surface area contributed by atoms with Gasteiger partial charge < -0.3 is 10.1 Å². The highest BCUT2D eigenvalue weighted by Crippen LogP contribution is 2.05. The molecule has 0 aliphatic rings. The summed E-state index contributed by atoms with van der Waals surface area (Å²) in [6.07, 6.45) is 3.88. The van der Waals surface area contributed by atoms with Gasteiger partial charge in [-0.15, -0.1) is 0 Å². The van der Waals surface area contributed by atoms with Gasteiger partial charge in [-0.2, -0.15) is 0 Å². The molecule has 0 bridgehead atoms. The van der Waals surface area contributed by atoms with Crippen molar-refractivity contribution in [1.82, 2.24) is 5.32 Å². The monoisotopic (exact) mass is 185 g/mol. The molecule has 0 radical (unpaired) electrons. The lowest BCUT2D eigenvalue weighted by molar-refractivity contribution is -0.153. The van der Waals surface area contributed by atoms with Crippen LogP contribution >= 0.6 is 0 Å². The van der Waals surface area contributed by atoms with Crippen LogP contribution in [-0.4, -0.2) is 24.7 Å². The maximum Gasteiger partial charge on any atom is 0.320 e. The fourth-order valence-electron chi connectivity index (χ4n) is 0.753. The molecule has 0 fully saturated rings. The molecule has 0 atom stereocenters. The van der Waals surface area contributed by atoms with Crippen LogP contribution in [0.2, 0.25) is 0 Å². The molecule has 3 nitrogen and oxygen atoms in total. The lowest BCUT2D eigenvalue weighted by atomic mass is 10.2. The van der Waals surface area contributed by atoms with Gasteiger partial charge in [0.25, 0.3) is 0 Å². The van der Waals surface area contributed by atoms with E-state index in [4.69, 9.17) is 4.74 Å². The third kappa shape index (κ3) is 9.08. The Balaban J connectivity index is 3.52. The minimum atomic E-state index is -0.390. The second kappa shape index (κ2) is 5.75. The summed E-state index contributed by atoms with van der Waals surface area (Å²) in [4.78, 5) is 11.1. The summed E-state index contributed by atoms with van der Waals surface area (Å²) in [5.74, 6) is -0.211. The zero-order valence-corrected chi connectivity index (χ0v) is 8.89. The topological polar surface area (TPSA) is 38.3 Å². The van der Waals surface area contributed by atoms with Crippen LogP contribution in [-0.2, 0) is 9.53 Å². The highest BCUT2D eigenvalue weighted by molar-refractivity contribution is 5.72. The third-order valence-corrected chi connectivity index (χ3v) is 1.19. The van der Waals surface area contributed by atoms with E-state index in [1.165, 1.54) is 0 Å². The molecule has 76 valence electrons. The van der Waals surface area contributed by atoms with Gasteiger partial charge in [-0.25, -0.2) is 0 Å². The number of rotatable bonds is 4. The number of nitrogens with one attached hydrogen (secondary N) is 1. The minimum Gasteiger partial charge on any atom is -0.459 e. The molecular weight excluding hydrogens is 166 g/mol. The van der Waals surface area contributed by atoms with Gasteiger partial charge in [0.2, 0.25) is 0 Å². The molecule has 0 aromatic rings. The van der Waals surface area contributed by atoms with Crippen LogP contribution in [0.3, 0.4) is 0 Å². The van der Waals surface area contributed by atoms with Crippen LogP contribution in [0.25, 0.3) is 0 Å². The van der Waals surface area contributed by atoms with Crippen LogP contribution in [0.4, 0.5) is 0 Å². The Morgan fingerprint density at radius 2 is 2.08 bits per heavy atom. The molecule has 0 spiro atoms. The molecule has 0 aromatic heterocycles. The normalized spacial score (nSPS) is 12.0. The van der Waals surface area contributed by atoms with Crippen molar-refractivity contribution in [2.75, 3.05) is 13.1 Å². The smallest absolute Gasteiger partial charge is 0.320 e. The first-order chi connectivity index (χ1) is 5.95. The summed E-state index contributed by atoms with van der Waals surface area (Å²) >= 11 is 0. The minimum absolute atomic E-state index is 0.211. The zero-order chi connectivity index (χ0) is 10.3. The molecule has 0 rings (SSSR count). The highest BCUT2D eigenvalue weighted by atomic mass is 16.6. The highest BCUT2D eigenvalue weighted by Gasteiger charge is 2.15. The van der Waals surface area contributed by atoms with Gasteiger partial charge in [0, 0.05) is 6.54 Å². The first-order valence-electron chi connectivity index (χ1n) is 4.49. The number of esters is 1. The molecule has 0 saturated heterocycles. The van der Waals surface area contributed by atoms with Crippen molar-refractivity contribution in [2.45, 2.75) is 33.3 Å². The van der Waals surface area contributed by atoms with Gasteiger partial charge in [-0.3, -0.25) is 4.79 Å². The SMILES string of the molecule is C/C=C/CNCC(=O)OC(C)(C)C. The number of hydrogen-bond acceptors (Lipinski definition) is 3. The Bertz CT molecular complexity index is 180. The number of carbonyl (C=O) groups is 1. The van der Waals surface area contributed by atoms with E-state index in [2.05, 4.69) is 5.32 Å². The van der Waals surface area contributed by atoms with Crippen molar-refractivity contribution in [1.29, 1.82) is 0 Å². The van der Waals surface area contributed by atoms with Crippen molar-refractivity contribution in [3.05, 3.63) is 12.2 Å². The quantitative estimate of drug-likeness (QED) is 0.410. The molecule has 0 aliphatic carbocycles. The summed E-state index contributed by atoms with van der Waals surface area (Å²) in [6, 6.07) is 0. The van der Waals surface area contributed by atoms with Gasteiger partial charge >= 0.3 is 5.97 Å². The van der Waals surface area contributed by atoms with Gasteiger partial charge in [-0.05, 0) is 27.7 Å². The Morgan fingerprint density at radius 3 is 2.54 bits per heavy atom. The number of carbonyl (C=O) groups excluding carboxylic acids is 1. The fraction of sp³-hybridized carbons (Fsp3) is 0.700. The molecule has 0 saturated carbocycles. The lowest BCUT2D eigenvalue weighted by Gasteiger charge is -2.19. The van der Waals surface area contributed by atoms with Gasteiger partial charge in [-0.1, -0.05) is 12.2 Å². The molecule has 3 heteroatoms. The molecule has 13 heavy (non-hydrogen) atoms. The number of allylic oxidation sites excluding steroid dienone is 1. The third-order valence-electron chi connectivity index (χ3n) is 1.19. The maximum absolute atomic E-state index is 11.1. The average Bonchev–Trinajstić information content (AvgIpc) is 1.94. The average molecular weight is 185 g/mol. The summed E-state index contributed by atoms with van der Waals surface area (Å²) in [6.45, 7) is 8.48. The largest absolute Gasteiger partial charge is 0.459 e. The van der Waals surface area contributed by atoms with Crippen molar-refractivity contribution in [3.8, 4) is 0 Å². The van der Waals surface area contributed by atoms with Crippen LogP contribution in [0.15, 0.2) is 12.2 Å². The predicted octanol–water partition coefficient (Wildman–Crippen LogP) is 1.49. The summed E-state index contributed by atoms with van der Waals surface area (Å²) < 4.78 is 5.09. The second-order valence-electron chi connectivity index (χ2n) is 3.79. The molecule has 0 aliphatic heterocycles. The van der Waals surface area contributed by atoms with Crippen molar-refractivity contribution >= 4 is 5.97 Å². The standard InChI is InChI=1S/C10H19NO2/c1-5-6-7-11-8-9(12)13-10(2,3)4/h5-6,11H,7-8H2,1-4H3/b6-5+. The van der Waals surface area contributed by atoms with Gasteiger partial charge in [0.1, 0.15) is 5.60 Å². The van der Waals surface area contributed by atoms with Crippen LogP contribution in [0, 0.1) is 0 Å². The zero-order valence-electron chi connectivity index (χ0n) is 8.89. The first-order valence-corrected chi connectivity index (χ1v) is 4.49. The van der Waals surface area contributed by atoms with E-state index in [1.807, 2.05) is 39.8 Å². The van der Waals surface area contributed by atoms with Crippen LogP contribution < -0.4 is 5.32 Å². The second-order valence-corrected chi connectivity index (χ2v) is 3.79. The van der Waals surface area contributed by atoms with E-state index in [0.29, 0.717) is 6.54 Å². The summed E-state index contributed by atoms with van der Waals surface area (Å²) in [5.41, 5.74) is -0.390. The molecular formula is C10H19NO2. The summed E-state index contributed by atoms with van der Waals surface area (Å²) in [5, 5.41) is 2.95. The van der Waals surface area contributed by atoms with Gasteiger partial charge in [0.05, 0.1) is 6.54 Å². The van der Waals surface area contributed by atoms with E-state index >= 15 is 0 Å². The predicted molar refractivity (Wildman–Crippen MR) is 53.5 cm³/mol. The van der Waals surface area contributed by atoms with E-state index in [-0.39, 0.29) is 18.1 Å². The Hall–Kier alpha value is -0.830. The molecule has 0 amide bonds. The first kappa shape index (κ1) is 12.2. The Labute approximate surface area is 80.2 Å². The molecule has 0 aromatic carbocycles. The molecule has 0 heterocycles. The molecule has 1 N–H and O–H groups in total. The van der Waals surface area contributed by atoms with E-state index in [9.17, 15) is 4.79 Å². The van der Waals surface area contributed by atoms with Crippen LogP contribution in [0.5, 0.6) is 0 Å². The van der Waals surface area contributed by atoms with E-state index in [0.717, 1.165) is 0 Å². The van der Waals surface area contributed by atoms with Gasteiger partial charge in [0.15, 0.2) is 0 Å². The van der Waals surface area contributed by atoms with Crippen molar-refractivity contribution in [2.24, 2.45) is 0 Å². The molecule has 0 unspecified atom stereocenters. The summed E-state index contributed by atoms with van der Waals surface area (Å²) in [7, 11) is 0. The van der Waals surface area contributed by atoms with E-state index in [1.54, 1.807) is 0 Å². The van der Waals surface area contributed by atoms with Crippen molar-refractivity contribution in [3.63, 3.8) is 0 Å². The Morgan fingerprint density at radius 1 is 1.46 bits per heavy atom. The van der Waals surface area contributed by atoms with Crippen LogP contribution in [0.1, 0.15) is 27.7 Å². The fourth-order valence-corrected chi connectivity index (χ4v) is 0.753. The Kier molecular flexibility index (Phi) is 5.39.